The molecule has 0 unspecified atom stereocenters. The van der Waals surface area contributed by atoms with Crippen molar-refractivity contribution in [3.8, 4) is 0 Å². The minimum Gasteiger partial charge on any atom is -0.204 e. The molecule has 0 amide bonds. The second-order valence-corrected chi connectivity index (χ2v) is 9.65. The number of halogens is 3. The lowest BCUT2D eigenvalue weighted by atomic mass is 9.68. The van der Waals surface area contributed by atoms with Crippen LogP contribution in [0.2, 0.25) is 0 Å². The average molecular weight is 379 g/mol. The van der Waals surface area contributed by atoms with Crippen LogP contribution in [0.25, 0.3) is 0 Å². The van der Waals surface area contributed by atoms with E-state index in [9.17, 15) is 13.2 Å². The Labute approximate surface area is 161 Å². The maximum Gasteiger partial charge on any atom is 0.194 e. The van der Waals surface area contributed by atoms with Gasteiger partial charge in [-0.25, -0.2) is 13.2 Å². The molecule has 3 aliphatic carbocycles. The molecule has 0 saturated heterocycles. The molecule has 150 valence electrons. The molecule has 0 atom stereocenters. The SMILES string of the molecule is Fc1cc(CCC2CCC(C3CCC(CC4CC4)CC3)CC2)cc(F)c1F. The molecule has 1 aromatic carbocycles. The highest BCUT2D eigenvalue weighted by atomic mass is 19.2. The number of benzene rings is 1. The molecule has 0 aromatic heterocycles. The van der Waals surface area contributed by atoms with Gasteiger partial charge in [0.05, 0.1) is 0 Å². The molecule has 4 rings (SSSR count). The van der Waals surface area contributed by atoms with Crippen molar-refractivity contribution in [2.45, 2.75) is 83.5 Å². The van der Waals surface area contributed by atoms with Crippen LogP contribution in [-0.2, 0) is 6.42 Å². The summed E-state index contributed by atoms with van der Waals surface area (Å²) in [5.41, 5.74) is 0.586. The van der Waals surface area contributed by atoms with Crippen LogP contribution in [0.1, 0.15) is 82.6 Å². The fourth-order valence-electron chi connectivity index (χ4n) is 5.79. The molecule has 3 saturated carbocycles. The van der Waals surface area contributed by atoms with Crippen molar-refractivity contribution in [3.05, 3.63) is 35.1 Å². The van der Waals surface area contributed by atoms with Gasteiger partial charge in [0.15, 0.2) is 17.5 Å². The summed E-state index contributed by atoms with van der Waals surface area (Å²) in [5.74, 6) is 1.11. The predicted molar refractivity (Wildman–Crippen MR) is 103 cm³/mol. The van der Waals surface area contributed by atoms with Crippen LogP contribution in [0.4, 0.5) is 13.2 Å². The standard InChI is InChI=1S/C24H33F3/c25-22-14-19(15-23(26)24(22)27)4-1-16-5-9-20(10-6-16)21-11-7-18(8-12-21)13-17-2-3-17/h14-18,20-21H,1-13H2. The van der Waals surface area contributed by atoms with E-state index in [0.717, 1.165) is 42.2 Å². The Balaban J connectivity index is 1.18. The lowest BCUT2D eigenvalue weighted by molar-refractivity contribution is 0.139. The second-order valence-electron chi connectivity index (χ2n) is 9.65. The van der Waals surface area contributed by atoms with E-state index in [1.54, 1.807) is 0 Å². The zero-order valence-corrected chi connectivity index (χ0v) is 16.4. The Kier molecular flexibility index (Phi) is 6.14. The van der Waals surface area contributed by atoms with E-state index in [0.29, 0.717) is 17.9 Å². The van der Waals surface area contributed by atoms with Crippen molar-refractivity contribution in [1.82, 2.24) is 0 Å². The molecule has 0 N–H and O–H groups in total. The van der Waals surface area contributed by atoms with Crippen molar-refractivity contribution < 1.29 is 13.2 Å². The fraction of sp³-hybridized carbons (Fsp3) is 0.750. The molecule has 0 nitrogen and oxygen atoms in total. The first-order valence-electron chi connectivity index (χ1n) is 11.2. The zero-order valence-electron chi connectivity index (χ0n) is 16.4. The molecule has 0 spiro atoms. The van der Waals surface area contributed by atoms with Gasteiger partial charge in [-0.15, -0.1) is 0 Å². The molecule has 3 heteroatoms. The fourth-order valence-corrected chi connectivity index (χ4v) is 5.79. The van der Waals surface area contributed by atoms with Gasteiger partial charge in [-0.3, -0.25) is 0 Å². The average Bonchev–Trinajstić information content (AvgIpc) is 3.49. The van der Waals surface area contributed by atoms with Crippen LogP contribution in [0.15, 0.2) is 12.1 Å². The molecule has 3 fully saturated rings. The Hall–Kier alpha value is -0.990. The van der Waals surface area contributed by atoms with Gasteiger partial charge in [0.2, 0.25) is 0 Å². The maximum atomic E-state index is 13.3. The summed E-state index contributed by atoms with van der Waals surface area (Å²) in [4.78, 5) is 0. The normalized spacial score (nSPS) is 31.8. The Bertz CT molecular complexity index is 598. The largest absolute Gasteiger partial charge is 0.204 e. The third kappa shape index (κ3) is 5.09. The lowest BCUT2D eigenvalue weighted by Gasteiger charge is -2.38. The summed E-state index contributed by atoms with van der Waals surface area (Å²) in [6.07, 6.45) is 17.1. The minimum absolute atomic E-state index is 0.586. The van der Waals surface area contributed by atoms with Gasteiger partial charge < -0.3 is 0 Å². The van der Waals surface area contributed by atoms with Crippen LogP contribution in [-0.4, -0.2) is 0 Å². The summed E-state index contributed by atoms with van der Waals surface area (Å²) in [6, 6.07) is 2.31. The van der Waals surface area contributed by atoms with E-state index in [2.05, 4.69) is 0 Å². The first-order valence-corrected chi connectivity index (χ1v) is 11.2. The summed E-state index contributed by atoms with van der Waals surface area (Å²) in [6.45, 7) is 0. The van der Waals surface area contributed by atoms with Crippen molar-refractivity contribution in [2.75, 3.05) is 0 Å². The highest BCUT2D eigenvalue weighted by Gasteiger charge is 2.33. The van der Waals surface area contributed by atoms with E-state index >= 15 is 0 Å². The quantitative estimate of drug-likeness (QED) is 0.451. The smallest absolute Gasteiger partial charge is 0.194 e. The van der Waals surface area contributed by atoms with Crippen molar-refractivity contribution in [2.24, 2.45) is 29.6 Å². The highest BCUT2D eigenvalue weighted by molar-refractivity contribution is 5.19. The number of aryl methyl sites for hydroxylation is 1. The van der Waals surface area contributed by atoms with E-state index < -0.39 is 17.5 Å². The molecule has 1 aromatic rings. The van der Waals surface area contributed by atoms with E-state index in [-0.39, 0.29) is 0 Å². The van der Waals surface area contributed by atoms with Crippen LogP contribution in [0.5, 0.6) is 0 Å². The second kappa shape index (κ2) is 8.57. The predicted octanol–water partition coefficient (Wildman–Crippen LogP) is 7.45. The summed E-state index contributed by atoms with van der Waals surface area (Å²) in [7, 11) is 0. The summed E-state index contributed by atoms with van der Waals surface area (Å²) >= 11 is 0. The summed E-state index contributed by atoms with van der Waals surface area (Å²) in [5, 5.41) is 0. The Morgan fingerprint density at radius 2 is 1.07 bits per heavy atom. The lowest BCUT2D eigenvalue weighted by Crippen LogP contribution is -2.26. The monoisotopic (exact) mass is 378 g/mol. The van der Waals surface area contributed by atoms with Crippen molar-refractivity contribution >= 4 is 0 Å². The van der Waals surface area contributed by atoms with Crippen LogP contribution in [0, 0.1) is 47.0 Å². The number of hydrogen-bond acceptors (Lipinski definition) is 0. The topological polar surface area (TPSA) is 0 Å². The van der Waals surface area contributed by atoms with Gasteiger partial charge in [-0.2, -0.15) is 0 Å². The van der Waals surface area contributed by atoms with Crippen LogP contribution in [0.3, 0.4) is 0 Å². The summed E-state index contributed by atoms with van der Waals surface area (Å²) < 4.78 is 39.8. The van der Waals surface area contributed by atoms with E-state index in [1.807, 2.05) is 0 Å². The zero-order chi connectivity index (χ0) is 18.8. The molecular weight excluding hydrogens is 345 g/mol. The van der Waals surface area contributed by atoms with E-state index in [1.165, 1.54) is 70.6 Å². The molecule has 0 radical (unpaired) electrons. The van der Waals surface area contributed by atoms with Crippen LogP contribution < -0.4 is 0 Å². The molecular formula is C24H33F3. The van der Waals surface area contributed by atoms with Gasteiger partial charge in [-0.1, -0.05) is 38.5 Å². The molecule has 0 bridgehead atoms. The van der Waals surface area contributed by atoms with E-state index in [4.69, 9.17) is 0 Å². The third-order valence-electron chi connectivity index (χ3n) is 7.70. The van der Waals surface area contributed by atoms with Crippen molar-refractivity contribution in [3.63, 3.8) is 0 Å². The molecule has 0 heterocycles. The maximum absolute atomic E-state index is 13.3. The Morgan fingerprint density at radius 1 is 0.630 bits per heavy atom. The first-order chi connectivity index (χ1) is 13.1. The molecule has 3 aliphatic rings. The van der Waals surface area contributed by atoms with Gasteiger partial charge in [-0.05, 0) is 92.2 Å². The number of rotatable bonds is 6. The van der Waals surface area contributed by atoms with Crippen molar-refractivity contribution in [1.29, 1.82) is 0 Å². The first kappa shape index (κ1) is 19.3. The molecule has 27 heavy (non-hydrogen) atoms. The highest BCUT2D eigenvalue weighted by Crippen LogP contribution is 2.45. The number of hydrogen-bond donors (Lipinski definition) is 0. The van der Waals surface area contributed by atoms with Crippen LogP contribution >= 0.6 is 0 Å². The van der Waals surface area contributed by atoms with Gasteiger partial charge in [0.25, 0.3) is 0 Å². The Morgan fingerprint density at radius 3 is 1.56 bits per heavy atom. The third-order valence-corrected chi connectivity index (χ3v) is 7.70. The van der Waals surface area contributed by atoms with Gasteiger partial charge in [0.1, 0.15) is 0 Å². The minimum atomic E-state index is -1.36. The van der Waals surface area contributed by atoms with Gasteiger partial charge in [0, 0.05) is 0 Å². The molecule has 0 aliphatic heterocycles. The van der Waals surface area contributed by atoms with Gasteiger partial charge >= 0.3 is 0 Å².